The van der Waals surface area contributed by atoms with Crippen molar-refractivity contribution in [2.24, 2.45) is 0 Å². The van der Waals surface area contributed by atoms with E-state index in [-0.39, 0.29) is 6.03 Å². The number of carbonyl (C=O) groups excluding carboxylic acids is 1. The van der Waals surface area contributed by atoms with Crippen molar-refractivity contribution in [2.45, 2.75) is 19.8 Å². The largest absolute Gasteiger partial charge is 0.338 e. The van der Waals surface area contributed by atoms with Crippen molar-refractivity contribution >= 4 is 27.6 Å². The highest BCUT2D eigenvalue weighted by Crippen LogP contribution is 2.12. The van der Waals surface area contributed by atoms with E-state index >= 15 is 0 Å². The minimum Gasteiger partial charge on any atom is -0.338 e. The predicted molar refractivity (Wildman–Crippen MR) is 63.9 cm³/mol. The van der Waals surface area contributed by atoms with Crippen molar-refractivity contribution in [3.8, 4) is 0 Å². The lowest BCUT2D eigenvalue weighted by atomic mass is 10.3. The summed E-state index contributed by atoms with van der Waals surface area (Å²) >= 11 is 3.23. The van der Waals surface area contributed by atoms with Gasteiger partial charge in [0.1, 0.15) is 4.60 Å². The molecule has 4 nitrogen and oxygen atoms in total. The molecule has 1 heterocycles. The number of nitrogens with one attached hydrogen (secondary N) is 2. The second-order valence-electron chi connectivity index (χ2n) is 3.10. The number of hydrogen-bond acceptors (Lipinski definition) is 2. The molecule has 1 aromatic rings. The van der Waals surface area contributed by atoms with E-state index < -0.39 is 0 Å². The lowest BCUT2D eigenvalue weighted by Gasteiger charge is -2.06. The highest BCUT2D eigenvalue weighted by atomic mass is 79.9. The van der Waals surface area contributed by atoms with Crippen LogP contribution >= 0.6 is 15.9 Å². The molecule has 2 N–H and O–H groups in total. The van der Waals surface area contributed by atoms with Gasteiger partial charge >= 0.3 is 6.03 Å². The van der Waals surface area contributed by atoms with Gasteiger partial charge < -0.3 is 10.6 Å². The first-order chi connectivity index (χ1) is 7.22. The molecule has 0 aromatic carbocycles. The first-order valence-electron chi connectivity index (χ1n) is 4.88. The average molecular weight is 272 g/mol. The van der Waals surface area contributed by atoms with Gasteiger partial charge in [0.05, 0.1) is 0 Å². The first kappa shape index (κ1) is 12.0. The summed E-state index contributed by atoms with van der Waals surface area (Å²) in [6.07, 6.45) is 3.69. The van der Waals surface area contributed by atoms with Crippen LogP contribution in [0.3, 0.4) is 0 Å². The Labute approximate surface area is 97.6 Å². The van der Waals surface area contributed by atoms with Crippen molar-refractivity contribution in [1.82, 2.24) is 10.3 Å². The van der Waals surface area contributed by atoms with Gasteiger partial charge in [0.15, 0.2) is 0 Å². The maximum absolute atomic E-state index is 11.3. The monoisotopic (exact) mass is 271 g/mol. The van der Waals surface area contributed by atoms with Crippen LogP contribution in [-0.2, 0) is 0 Å². The highest BCUT2D eigenvalue weighted by molar-refractivity contribution is 9.10. The minimum atomic E-state index is -0.179. The summed E-state index contributed by atoms with van der Waals surface area (Å²) in [6, 6.07) is 3.31. The van der Waals surface area contributed by atoms with Crippen molar-refractivity contribution < 1.29 is 4.79 Å². The van der Waals surface area contributed by atoms with E-state index in [1.54, 1.807) is 18.3 Å². The van der Waals surface area contributed by atoms with Crippen LogP contribution in [-0.4, -0.2) is 17.6 Å². The number of urea groups is 1. The van der Waals surface area contributed by atoms with E-state index in [1.807, 2.05) is 0 Å². The van der Waals surface area contributed by atoms with Crippen molar-refractivity contribution in [3.63, 3.8) is 0 Å². The Morgan fingerprint density at radius 3 is 3.07 bits per heavy atom. The van der Waals surface area contributed by atoms with E-state index in [2.05, 4.69) is 38.5 Å². The Morgan fingerprint density at radius 2 is 2.40 bits per heavy atom. The molecule has 5 heteroatoms. The molecule has 0 bridgehead atoms. The van der Waals surface area contributed by atoms with Crippen LogP contribution in [0.4, 0.5) is 10.5 Å². The van der Waals surface area contributed by atoms with Crippen LogP contribution in [0.15, 0.2) is 22.9 Å². The molecule has 2 amide bonds. The zero-order chi connectivity index (χ0) is 11.1. The van der Waals surface area contributed by atoms with Gasteiger partial charge in [-0.15, -0.1) is 0 Å². The molecule has 0 unspecified atom stereocenters. The number of anilines is 1. The van der Waals surface area contributed by atoms with Gasteiger partial charge in [-0.3, -0.25) is 0 Å². The van der Waals surface area contributed by atoms with Crippen molar-refractivity contribution in [3.05, 3.63) is 22.9 Å². The normalized spacial score (nSPS) is 9.73. The Kier molecular flexibility index (Phi) is 5.10. The van der Waals surface area contributed by atoms with E-state index in [1.165, 1.54) is 0 Å². The van der Waals surface area contributed by atoms with Gasteiger partial charge in [-0.05, 0) is 34.5 Å². The SMILES string of the molecule is CCCCNC(=O)Nc1ccnc(Br)c1. The van der Waals surface area contributed by atoms with Gasteiger partial charge in [0.2, 0.25) is 0 Å². The Bertz CT molecular complexity index is 330. The zero-order valence-corrected chi connectivity index (χ0v) is 10.2. The standard InChI is InChI=1S/C10H14BrN3O/c1-2-3-5-13-10(15)14-8-4-6-12-9(11)7-8/h4,6-7H,2-3,5H2,1H3,(H2,12,13,14,15). The molecule has 0 saturated carbocycles. The average Bonchev–Trinajstić information content (AvgIpc) is 2.18. The van der Waals surface area contributed by atoms with E-state index in [0.29, 0.717) is 11.1 Å². The molecule has 0 aliphatic rings. The van der Waals surface area contributed by atoms with Gasteiger partial charge in [0.25, 0.3) is 0 Å². The zero-order valence-electron chi connectivity index (χ0n) is 8.59. The maximum Gasteiger partial charge on any atom is 0.319 e. The van der Waals surface area contributed by atoms with E-state index in [4.69, 9.17) is 0 Å². The molecule has 15 heavy (non-hydrogen) atoms. The second kappa shape index (κ2) is 6.40. The fourth-order valence-electron chi connectivity index (χ4n) is 1.03. The van der Waals surface area contributed by atoms with Gasteiger partial charge in [-0.25, -0.2) is 9.78 Å². The van der Waals surface area contributed by atoms with Gasteiger partial charge in [-0.1, -0.05) is 13.3 Å². The number of unbranched alkanes of at least 4 members (excludes halogenated alkanes) is 1. The van der Waals surface area contributed by atoms with Crippen molar-refractivity contribution in [1.29, 1.82) is 0 Å². The fourth-order valence-corrected chi connectivity index (χ4v) is 1.40. The summed E-state index contributed by atoms with van der Waals surface area (Å²) in [5.74, 6) is 0. The molecule has 0 fully saturated rings. The summed E-state index contributed by atoms with van der Waals surface area (Å²) in [5, 5.41) is 5.49. The second-order valence-corrected chi connectivity index (χ2v) is 3.91. The van der Waals surface area contributed by atoms with Crippen LogP contribution in [0.2, 0.25) is 0 Å². The molecule has 0 saturated heterocycles. The molecule has 82 valence electrons. The van der Waals surface area contributed by atoms with E-state index in [0.717, 1.165) is 18.5 Å². The molecule has 1 aromatic heterocycles. The van der Waals surface area contributed by atoms with Crippen LogP contribution in [0.5, 0.6) is 0 Å². The molecule has 0 atom stereocenters. The molecule has 0 aliphatic carbocycles. The van der Waals surface area contributed by atoms with E-state index in [9.17, 15) is 4.79 Å². The number of hydrogen-bond donors (Lipinski definition) is 2. The minimum absolute atomic E-state index is 0.179. The molecule has 0 spiro atoms. The number of amides is 2. The highest BCUT2D eigenvalue weighted by Gasteiger charge is 2.00. The molecule has 0 radical (unpaired) electrons. The predicted octanol–water partition coefficient (Wildman–Crippen LogP) is 2.77. The smallest absolute Gasteiger partial charge is 0.319 e. The third-order valence-corrected chi connectivity index (χ3v) is 2.23. The van der Waals surface area contributed by atoms with Crippen LogP contribution < -0.4 is 10.6 Å². The van der Waals surface area contributed by atoms with Crippen LogP contribution in [0, 0.1) is 0 Å². The van der Waals surface area contributed by atoms with Gasteiger partial charge in [-0.2, -0.15) is 0 Å². The number of nitrogens with zero attached hydrogens (tertiary/aromatic N) is 1. The quantitative estimate of drug-likeness (QED) is 0.654. The number of rotatable bonds is 4. The third kappa shape index (κ3) is 4.78. The first-order valence-corrected chi connectivity index (χ1v) is 5.68. The number of aromatic nitrogens is 1. The number of pyridine rings is 1. The summed E-state index contributed by atoms with van der Waals surface area (Å²) in [4.78, 5) is 15.3. The fraction of sp³-hybridized carbons (Fsp3) is 0.400. The molecule has 1 rings (SSSR count). The van der Waals surface area contributed by atoms with Crippen LogP contribution in [0.25, 0.3) is 0 Å². The lowest BCUT2D eigenvalue weighted by Crippen LogP contribution is -2.29. The van der Waals surface area contributed by atoms with Crippen molar-refractivity contribution in [2.75, 3.05) is 11.9 Å². The number of carbonyl (C=O) groups is 1. The number of halogens is 1. The Balaban J connectivity index is 2.37. The molecular formula is C10H14BrN3O. The van der Waals surface area contributed by atoms with Crippen LogP contribution in [0.1, 0.15) is 19.8 Å². The maximum atomic E-state index is 11.3. The summed E-state index contributed by atoms with van der Waals surface area (Å²) in [6.45, 7) is 2.79. The lowest BCUT2D eigenvalue weighted by molar-refractivity contribution is 0.252. The molecule has 0 aliphatic heterocycles. The summed E-state index contributed by atoms with van der Waals surface area (Å²) in [5.41, 5.74) is 0.728. The summed E-state index contributed by atoms with van der Waals surface area (Å²) < 4.78 is 0.703. The Morgan fingerprint density at radius 1 is 1.60 bits per heavy atom. The Hall–Kier alpha value is -1.10. The summed E-state index contributed by atoms with van der Waals surface area (Å²) in [7, 11) is 0. The topological polar surface area (TPSA) is 54.0 Å². The third-order valence-electron chi connectivity index (χ3n) is 1.80. The van der Waals surface area contributed by atoms with Gasteiger partial charge in [0, 0.05) is 18.4 Å². The molecular weight excluding hydrogens is 258 g/mol.